The third-order valence-electron chi connectivity index (χ3n) is 4.24. The van der Waals surface area contributed by atoms with Gasteiger partial charge in [-0.1, -0.05) is 0 Å². The predicted octanol–water partition coefficient (Wildman–Crippen LogP) is 3.55. The molecule has 1 N–H and O–H groups in total. The van der Waals surface area contributed by atoms with Crippen LogP contribution in [0.1, 0.15) is 34.2 Å². The van der Waals surface area contributed by atoms with Crippen LogP contribution in [0.2, 0.25) is 0 Å². The Morgan fingerprint density at radius 2 is 1.90 bits per heavy atom. The first-order valence-electron chi connectivity index (χ1n) is 8.73. The zero-order valence-corrected chi connectivity index (χ0v) is 15.9. The first-order valence-corrected chi connectivity index (χ1v) is 8.73. The quantitative estimate of drug-likeness (QED) is 0.520. The van der Waals surface area contributed by atoms with Crippen molar-refractivity contribution in [1.82, 2.24) is 19.6 Å². The molecule has 0 saturated heterocycles. The maximum atomic E-state index is 13.2. The number of carbonyl (C=O) groups is 2. The van der Waals surface area contributed by atoms with Gasteiger partial charge in [0.25, 0.3) is 11.7 Å². The molecule has 2 aromatic heterocycles. The van der Waals surface area contributed by atoms with Crippen LogP contribution in [0, 0.1) is 13.8 Å². The fourth-order valence-electron chi connectivity index (χ4n) is 2.83. The Morgan fingerprint density at radius 1 is 1.17 bits per heavy atom. The normalized spacial score (nSPS) is 11.5. The van der Waals surface area contributed by atoms with Gasteiger partial charge in [-0.3, -0.25) is 14.3 Å². The molecule has 0 aliphatic carbocycles. The fourth-order valence-corrected chi connectivity index (χ4v) is 2.83. The first kappa shape index (κ1) is 20.3. The van der Waals surface area contributed by atoms with Crippen LogP contribution >= 0.6 is 0 Å². The number of Topliss-reactive ketones (excluding diaryl/α,β-unsaturated/α-hetero) is 1. The molecule has 0 radical (unpaired) electrons. The molecule has 0 fully saturated rings. The number of amides is 1. The minimum absolute atomic E-state index is 0.0454. The highest BCUT2D eigenvalue weighted by molar-refractivity contribution is 6.46. The lowest BCUT2D eigenvalue weighted by Crippen LogP contribution is -2.24. The van der Waals surface area contributed by atoms with E-state index in [0.717, 1.165) is 12.1 Å². The lowest BCUT2D eigenvalue weighted by molar-refractivity contribution is -0.137. The minimum Gasteiger partial charge on any atom is -0.317 e. The number of alkyl halides is 3. The number of hydrogen-bond acceptors (Lipinski definition) is 4. The number of carbonyl (C=O) groups excluding carboxylic acids is 2. The average molecular weight is 405 g/mol. The molecular weight excluding hydrogens is 387 g/mol. The van der Waals surface area contributed by atoms with E-state index in [0.29, 0.717) is 17.9 Å². The summed E-state index contributed by atoms with van der Waals surface area (Å²) in [5, 5.41) is 10.5. The van der Waals surface area contributed by atoms with Crippen LogP contribution < -0.4 is 5.32 Å². The molecule has 0 atom stereocenters. The molecule has 0 spiro atoms. The molecule has 7 nitrogen and oxygen atoms in total. The Balaban J connectivity index is 2.00. The van der Waals surface area contributed by atoms with Crippen LogP contribution in [-0.2, 0) is 17.5 Å². The smallest absolute Gasteiger partial charge is 0.317 e. The van der Waals surface area contributed by atoms with E-state index < -0.39 is 23.4 Å². The first-order chi connectivity index (χ1) is 13.6. The van der Waals surface area contributed by atoms with Gasteiger partial charge in [-0.05, 0) is 45.0 Å². The van der Waals surface area contributed by atoms with E-state index in [1.165, 1.54) is 27.8 Å². The number of aryl methyl sites for hydroxylation is 3. The van der Waals surface area contributed by atoms with Crippen molar-refractivity contribution in [2.45, 2.75) is 33.5 Å². The fraction of sp³-hybridized carbons (Fsp3) is 0.263. The van der Waals surface area contributed by atoms with Crippen molar-refractivity contribution in [3.05, 3.63) is 59.2 Å². The van der Waals surface area contributed by atoms with E-state index in [9.17, 15) is 22.8 Å². The summed E-state index contributed by atoms with van der Waals surface area (Å²) in [5.41, 5.74) is 0.450. The lowest BCUT2D eigenvalue weighted by atomic mass is 10.1. The number of rotatable bonds is 5. The summed E-state index contributed by atoms with van der Waals surface area (Å²) in [5.74, 6) is -1.97. The van der Waals surface area contributed by atoms with E-state index in [2.05, 4.69) is 15.5 Å². The van der Waals surface area contributed by atoms with E-state index in [4.69, 9.17) is 0 Å². The molecule has 0 aliphatic rings. The van der Waals surface area contributed by atoms with E-state index in [1.807, 2.05) is 6.92 Å². The molecule has 0 aliphatic heterocycles. The summed E-state index contributed by atoms with van der Waals surface area (Å²) < 4.78 is 42.4. The van der Waals surface area contributed by atoms with Gasteiger partial charge < -0.3 is 5.32 Å². The Hall–Kier alpha value is -3.43. The zero-order chi connectivity index (χ0) is 21.3. The molecule has 10 heteroatoms. The molecule has 0 unspecified atom stereocenters. The highest BCUT2D eigenvalue weighted by Crippen LogP contribution is 2.33. The Bertz CT molecular complexity index is 1080. The van der Waals surface area contributed by atoms with Crippen molar-refractivity contribution in [2.75, 3.05) is 5.32 Å². The Morgan fingerprint density at radius 3 is 2.45 bits per heavy atom. The van der Waals surface area contributed by atoms with Gasteiger partial charge in [0.15, 0.2) is 0 Å². The molecule has 29 heavy (non-hydrogen) atoms. The summed E-state index contributed by atoms with van der Waals surface area (Å²) in [4.78, 5) is 24.8. The Kier molecular flexibility index (Phi) is 5.27. The number of benzene rings is 1. The topological polar surface area (TPSA) is 81.8 Å². The molecule has 3 rings (SSSR count). The third-order valence-corrected chi connectivity index (χ3v) is 4.24. The van der Waals surface area contributed by atoms with Crippen molar-refractivity contribution >= 4 is 17.4 Å². The van der Waals surface area contributed by atoms with Gasteiger partial charge in [0.1, 0.15) is 0 Å². The van der Waals surface area contributed by atoms with Crippen molar-refractivity contribution in [3.63, 3.8) is 0 Å². The largest absolute Gasteiger partial charge is 0.416 e. The molecule has 3 aromatic rings. The summed E-state index contributed by atoms with van der Waals surface area (Å²) in [7, 11) is 0. The SMILES string of the molecule is CCn1cc(C(=O)C(=O)Nc2cc(C(F)(F)F)ccc2-n2nc(C)cc2C)cn1. The molecular formula is C19H18F3N5O2. The number of aromatic nitrogens is 4. The molecule has 0 saturated carbocycles. The summed E-state index contributed by atoms with van der Waals surface area (Å²) in [6, 6.07) is 4.63. The van der Waals surface area contributed by atoms with Crippen LogP contribution in [0.15, 0.2) is 36.7 Å². The van der Waals surface area contributed by atoms with Crippen molar-refractivity contribution in [3.8, 4) is 5.69 Å². The van der Waals surface area contributed by atoms with Gasteiger partial charge in [-0.15, -0.1) is 0 Å². The molecule has 1 amide bonds. The standard InChI is InChI=1S/C19H18F3N5O2/c1-4-26-10-13(9-23-26)17(28)18(29)24-15-8-14(19(20,21)22)5-6-16(15)27-12(3)7-11(2)25-27/h5-10H,4H2,1-3H3,(H,24,29). The molecule has 2 heterocycles. The second-order valence-electron chi connectivity index (χ2n) is 6.44. The second kappa shape index (κ2) is 7.53. The van der Waals surface area contributed by atoms with Gasteiger partial charge in [0.05, 0.1) is 34.4 Å². The summed E-state index contributed by atoms with van der Waals surface area (Å²) >= 11 is 0. The number of ketones is 1. The van der Waals surface area contributed by atoms with Gasteiger partial charge in [-0.25, -0.2) is 4.68 Å². The van der Waals surface area contributed by atoms with E-state index in [1.54, 1.807) is 19.9 Å². The number of nitrogens with one attached hydrogen (secondary N) is 1. The number of hydrogen-bond donors (Lipinski definition) is 1. The second-order valence-corrected chi connectivity index (χ2v) is 6.44. The molecule has 1 aromatic carbocycles. The van der Waals surface area contributed by atoms with Crippen molar-refractivity contribution in [1.29, 1.82) is 0 Å². The van der Waals surface area contributed by atoms with Gasteiger partial charge in [0.2, 0.25) is 0 Å². The number of anilines is 1. The van der Waals surface area contributed by atoms with E-state index >= 15 is 0 Å². The average Bonchev–Trinajstić information content (AvgIpc) is 3.26. The van der Waals surface area contributed by atoms with Crippen LogP contribution in [0.4, 0.5) is 18.9 Å². The monoisotopic (exact) mass is 405 g/mol. The number of halogens is 3. The summed E-state index contributed by atoms with van der Waals surface area (Å²) in [6.45, 7) is 5.78. The van der Waals surface area contributed by atoms with Crippen molar-refractivity contribution < 1.29 is 22.8 Å². The van der Waals surface area contributed by atoms with Crippen LogP contribution in [0.3, 0.4) is 0 Å². The highest BCUT2D eigenvalue weighted by atomic mass is 19.4. The number of nitrogens with zero attached hydrogens (tertiary/aromatic N) is 4. The lowest BCUT2D eigenvalue weighted by Gasteiger charge is -2.15. The predicted molar refractivity (Wildman–Crippen MR) is 98.9 cm³/mol. The minimum atomic E-state index is -4.61. The maximum absolute atomic E-state index is 13.2. The van der Waals surface area contributed by atoms with Crippen molar-refractivity contribution in [2.24, 2.45) is 0 Å². The molecule has 0 bridgehead atoms. The highest BCUT2D eigenvalue weighted by Gasteiger charge is 2.32. The van der Waals surface area contributed by atoms with E-state index in [-0.39, 0.29) is 16.9 Å². The zero-order valence-electron chi connectivity index (χ0n) is 15.9. The molecule has 152 valence electrons. The summed E-state index contributed by atoms with van der Waals surface area (Å²) in [6.07, 6.45) is -1.98. The van der Waals surface area contributed by atoms with Crippen LogP contribution in [0.25, 0.3) is 5.69 Å². The van der Waals surface area contributed by atoms with Crippen LogP contribution in [0.5, 0.6) is 0 Å². The third kappa shape index (κ3) is 4.20. The van der Waals surface area contributed by atoms with Crippen LogP contribution in [-0.4, -0.2) is 31.3 Å². The van der Waals surface area contributed by atoms with Gasteiger partial charge >= 0.3 is 6.18 Å². The van der Waals surface area contributed by atoms with Gasteiger partial charge in [0, 0.05) is 18.4 Å². The van der Waals surface area contributed by atoms with Gasteiger partial charge in [-0.2, -0.15) is 23.4 Å². The maximum Gasteiger partial charge on any atom is 0.416 e. The Labute approximate surface area is 164 Å².